The van der Waals surface area contributed by atoms with E-state index in [0.29, 0.717) is 15.9 Å². The van der Waals surface area contributed by atoms with E-state index < -0.39 is 27.4 Å². The zero-order valence-electron chi connectivity index (χ0n) is 16.2. The van der Waals surface area contributed by atoms with Crippen LogP contribution in [0.15, 0.2) is 29.3 Å². The van der Waals surface area contributed by atoms with Crippen molar-refractivity contribution in [2.24, 2.45) is 4.99 Å². The van der Waals surface area contributed by atoms with Crippen molar-refractivity contribution in [1.82, 2.24) is 5.32 Å². The van der Waals surface area contributed by atoms with Crippen molar-refractivity contribution < 1.29 is 22.7 Å². The fourth-order valence-corrected chi connectivity index (χ4v) is 7.13. The van der Waals surface area contributed by atoms with Crippen LogP contribution in [-0.2, 0) is 19.4 Å². The van der Waals surface area contributed by atoms with Crippen LogP contribution in [0.5, 0.6) is 0 Å². The summed E-state index contributed by atoms with van der Waals surface area (Å²) in [4.78, 5) is 29.9. The van der Waals surface area contributed by atoms with Crippen LogP contribution in [0, 0.1) is 0 Å². The molecule has 8 nitrogen and oxygen atoms in total. The van der Waals surface area contributed by atoms with E-state index in [1.54, 1.807) is 49.9 Å². The van der Waals surface area contributed by atoms with E-state index in [2.05, 4.69) is 10.3 Å². The first-order valence-corrected chi connectivity index (χ1v) is 12.0. The van der Waals surface area contributed by atoms with Crippen LogP contribution >= 0.6 is 23.4 Å². The molecule has 0 radical (unpaired) electrons. The summed E-state index contributed by atoms with van der Waals surface area (Å²) in [6.07, 6.45) is -0.706. The molecular weight excluding hydrogens is 438 g/mol. The summed E-state index contributed by atoms with van der Waals surface area (Å²) in [6, 6.07) is 6.60. The maximum atomic E-state index is 12.3. The van der Waals surface area contributed by atoms with Crippen molar-refractivity contribution in [3.8, 4) is 0 Å². The highest BCUT2D eigenvalue weighted by atomic mass is 35.5. The second-order valence-electron chi connectivity index (χ2n) is 7.79. The lowest BCUT2D eigenvalue weighted by Crippen LogP contribution is -2.38. The Hall–Kier alpha value is -1.78. The quantitative estimate of drug-likeness (QED) is 0.740. The Labute approximate surface area is 178 Å². The smallest absolute Gasteiger partial charge is 0.408 e. The summed E-state index contributed by atoms with van der Waals surface area (Å²) in [6.45, 7) is 4.85. The largest absolute Gasteiger partial charge is 0.444 e. The average molecular weight is 460 g/mol. The van der Waals surface area contributed by atoms with Crippen LogP contribution < -0.4 is 10.2 Å². The second-order valence-corrected chi connectivity index (χ2v) is 11.6. The van der Waals surface area contributed by atoms with Crippen molar-refractivity contribution in [3.05, 3.63) is 29.3 Å². The van der Waals surface area contributed by atoms with Gasteiger partial charge in [0.15, 0.2) is 15.0 Å². The molecule has 2 aliphatic heterocycles. The first-order chi connectivity index (χ1) is 13.4. The van der Waals surface area contributed by atoms with E-state index in [0.717, 1.165) is 0 Å². The number of carbonyl (C=O) groups is 2. The Morgan fingerprint density at radius 1 is 1.28 bits per heavy atom. The molecular formula is C18H22ClN3O5S2. The third-order valence-corrected chi connectivity index (χ3v) is 7.64. The number of alkyl carbamates (subject to hydrolysis) is 1. The highest BCUT2D eigenvalue weighted by Crippen LogP contribution is 2.41. The molecule has 0 saturated carbocycles. The van der Waals surface area contributed by atoms with Gasteiger partial charge in [-0.1, -0.05) is 23.4 Å². The van der Waals surface area contributed by atoms with Gasteiger partial charge in [0.25, 0.3) is 5.91 Å². The molecule has 2 unspecified atom stereocenters. The van der Waals surface area contributed by atoms with E-state index in [-0.39, 0.29) is 29.3 Å². The minimum absolute atomic E-state index is 0.00331. The summed E-state index contributed by atoms with van der Waals surface area (Å²) in [7, 11) is -3.15. The number of hydrogen-bond donors (Lipinski definition) is 1. The summed E-state index contributed by atoms with van der Waals surface area (Å²) < 4.78 is 29.2. The average Bonchev–Trinajstić information content (AvgIpc) is 3.03. The maximum Gasteiger partial charge on any atom is 0.408 e. The second kappa shape index (κ2) is 8.16. The zero-order valence-corrected chi connectivity index (χ0v) is 18.6. The highest BCUT2D eigenvalue weighted by molar-refractivity contribution is 8.16. The zero-order chi connectivity index (χ0) is 21.4. The third kappa shape index (κ3) is 5.64. The Balaban J connectivity index is 1.77. The number of amidine groups is 1. The molecule has 1 aromatic carbocycles. The van der Waals surface area contributed by atoms with Gasteiger partial charge < -0.3 is 15.0 Å². The SMILES string of the molecule is CC(C)(C)OC(=O)NCC(=O)N=C1SC2CS(=O)(=O)CC2N1c1ccc(Cl)cc1. The number of rotatable bonds is 3. The van der Waals surface area contributed by atoms with E-state index >= 15 is 0 Å². The van der Waals surface area contributed by atoms with Crippen LogP contribution in [0.25, 0.3) is 0 Å². The predicted octanol–water partition coefficient (Wildman–Crippen LogP) is 2.47. The molecule has 1 N–H and O–H groups in total. The fraction of sp³-hybridized carbons (Fsp3) is 0.500. The molecule has 1 aromatic rings. The van der Waals surface area contributed by atoms with Crippen LogP contribution in [-0.4, -0.2) is 60.5 Å². The molecule has 11 heteroatoms. The Morgan fingerprint density at radius 3 is 2.55 bits per heavy atom. The van der Waals surface area contributed by atoms with E-state index in [1.807, 2.05) is 0 Å². The van der Waals surface area contributed by atoms with Gasteiger partial charge in [0.2, 0.25) is 0 Å². The Morgan fingerprint density at radius 2 is 1.93 bits per heavy atom. The third-order valence-electron chi connectivity index (χ3n) is 4.17. The number of nitrogens with one attached hydrogen (secondary N) is 1. The molecule has 2 saturated heterocycles. The number of aliphatic imine (C=N–C) groups is 1. The summed E-state index contributed by atoms with van der Waals surface area (Å²) in [5.74, 6) is -0.521. The van der Waals surface area contributed by atoms with Crippen molar-refractivity contribution >= 4 is 56.1 Å². The molecule has 0 spiro atoms. The molecule has 2 atom stereocenters. The highest BCUT2D eigenvalue weighted by Gasteiger charge is 2.49. The minimum atomic E-state index is -3.15. The minimum Gasteiger partial charge on any atom is -0.444 e. The van der Waals surface area contributed by atoms with E-state index in [4.69, 9.17) is 16.3 Å². The Kier molecular flexibility index (Phi) is 6.16. The molecule has 0 aromatic heterocycles. The van der Waals surface area contributed by atoms with Gasteiger partial charge in [0.05, 0.1) is 17.5 Å². The van der Waals surface area contributed by atoms with Gasteiger partial charge in [-0.15, -0.1) is 0 Å². The monoisotopic (exact) mass is 459 g/mol. The van der Waals surface area contributed by atoms with Gasteiger partial charge in [0.1, 0.15) is 12.1 Å². The van der Waals surface area contributed by atoms with E-state index in [9.17, 15) is 18.0 Å². The predicted molar refractivity (Wildman–Crippen MR) is 114 cm³/mol. The van der Waals surface area contributed by atoms with Crippen LogP contribution in [0.4, 0.5) is 10.5 Å². The summed E-state index contributed by atoms with van der Waals surface area (Å²) in [5.41, 5.74) is 0.0346. The number of thioether (sulfide) groups is 1. The molecule has 2 amide bonds. The van der Waals surface area contributed by atoms with Gasteiger partial charge >= 0.3 is 6.09 Å². The first-order valence-electron chi connectivity index (χ1n) is 8.94. The van der Waals surface area contributed by atoms with Crippen molar-refractivity contribution in [1.29, 1.82) is 0 Å². The van der Waals surface area contributed by atoms with E-state index in [1.165, 1.54) is 11.8 Å². The number of halogens is 1. The van der Waals surface area contributed by atoms with Gasteiger partial charge in [0, 0.05) is 16.0 Å². The molecule has 29 heavy (non-hydrogen) atoms. The molecule has 2 heterocycles. The molecule has 0 aliphatic carbocycles. The number of sulfone groups is 1. The van der Waals surface area contributed by atoms with Crippen LogP contribution in [0.1, 0.15) is 20.8 Å². The standard InChI is InChI=1S/C18H22ClN3O5S2/c1-18(2,3)27-17(24)20-8-15(23)21-16-22(12-6-4-11(19)5-7-12)13-9-29(25,26)10-14(13)28-16/h4-7,13-14H,8-10H2,1-3H3,(H,20,24). The Bertz CT molecular complexity index is 941. The first kappa shape index (κ1) is 21.9. The topological polar surface area (TPSA) is 105 Å². The van der Waals surface area contributed by atoms with Crippen LogP contribution in [0.2, 0.25) is 5.02 Å². The fourth-order valence-electron chi connectivity index (χ4n) is 3.08. The van der Waals surface area contributed by atoms with Gasteiger partial charge in [-0.25, -0.2) is 13.2 Å². The number of hydrogen-bond acceptors (Lipinski definition) is 6. The maximum absolute atomic E-state index is 12.3. The normalized spacial score (nSPS) is 24.4. The molecule has 0 bridgehead atoms. The number of benzene rings is 1. The molecule has 2 fully saturated rings. The van der Waals surface area contributed by atoms with Crippen molar-refractivity contribution in [2.75, 3.05) is 23.0 Å². The summed E-state index contributed by atoms with van der Waals surface area (Å²) in [5, 5.41) is 3.13. The number of nitrogens with zero attached hydrogens (tertiary/aromatic N) is 2. The molecule has 3 rings (SSSR count). The lowest BCUT2D eigenvalue weighted by atomic mass is 10.2. The number of carbonyl (C=O) groups excluding carboxylic acids is 2. The molecule has 2 aliphatic rings. The number of amides is 2. The lowest BCUT2D eigenvalue weighted by molar-refractivity contribution is -0.117. The number of anilines is 1. The van der Waals surface area contributed by atoms with Gasteiger partial charge in [-0.05, 0) is 45.0 Å². The van der Waals surface area contributed by atoms with Gasteiger partial charge in [-0.2, -0.15) is 4.99 Å². The van der Waals surface area contributed by atoms with Crippen molar-refractivity contribution in [3.63, 3.8) is 0 Å². The van der Waals surface area contributed by atoms with Crippen molar-refractivity contribution in [2.45, 2.75) is 37.7 Å². The van der Waals surface area contributed by atoms with Crippen LogP contribution in [0.3, 0.4) is 0 Å². The number of fused-ring (bicyclic) bond motifs is 1. The van der Waals surface area contributed by atoms with Gasteiger partial charge in [-0.3, -0.25) is 4.79 Å². The number of ether oxygens (including phenoxy) is 1. The summed E-state index contributed by atoms with van der Waals surface area (Å²) >= 11 is 7.22. The molecule has 158 valence electrons. The lowest BCUT2D eigenvalue weighted by Gasteiger charge is -2.24.